The van der Waals surface area contributed by atoms with E-state index in [4.69, 9.17) is 4.74 Å². The molecule has 2 rings (SSSR count). The van der Waals surface area contributed by atoms with Crippen molar-refractivity contribution in [2.45, 2.75) is 79.9 Å². The van der Waals surface area contributed by atoms with Crippen LogP contribution in [0.2, 0.25) is 0 Å². The SMILES string of the molecule is CC.CC.CCC.Cc1ccc(OC2CC(N(C)C)C2)cc1. The van der Waals surface area contributed by atoms with Crippen LogP contribution in [0.5, 0.6) is 5.75 Å². The molecule has 0 amide bonds. The van der Waals surface area contributed by atoms with Crippen LogP contribution in [0, 0.1) is 6.92 Å². The fourth-order valence-corrected chi connectivity index (χ4v) is 1.87. The standard InChI is InChI=1S/C13H19NO.C3H8.2C2H6/c1-10-4-6-12(7-5-10)15-13-8-11(9-13)14(2)3;1-3-2;2*1-2/h4-7,11,13H,8-9H2,1-3H3;3H2,1-2H3;2*1-2H3. The van der Waals surface area contributed by atoms with Crippen LogP contribution in [0.3, 0.4) is 0 Å². The Morgan fingerprint density at radius 2 is 1.36 bits per heavy atom. The Hall–Kier alpha value is -1.02. The van der Waals surface area contributed by atoms with E-state index in [0.29, 0.717) is 12.1 Å². The van der Waals surface area contributed by atoms with Gasteiger partial charge in [0, 0.05) is 6.04 Å². The van der Waals surface area contributed by atoms with Crippen LogP contribution >= 0.6 is 0 Å². The van der Waals surface area contributed by atoms with Crippen molar-refractivity contribution in [1.82, 2.24) is 4.90 Å². The first-order valence-corrected chi connectivity index (χ1v) is 8.96. The second kappa shape index (κ2) is 14.9. The van der Waals surface area contributed by atoms with Crippen molar-refractivity contribution >= 4 is 0 Å². The minimum atomic E-state index is 0.417. The van der Waals surface area contributed by atoms with Crippen LogP contribution in [0.4, 0.5) is 0 Å². The molecule has 0 unspecified atom stereocenters. The van der Waals surface area contributed by atoms with E-state index in [-0.39, 0.29) is 0 Å². The maximum atomic E-state index is 5.86. The van der Waals surface area contributed by atoms with Gasteiger partial charge in [0.05, 0.1) is 0 Å². The van der Waals surface area contributed by atoms with Gasteiger partial charge in [-0.2, -0.15) is 0 Å². The molecule has 1 aromatic rings. The molecule has 0 N–H and O–H groups in total. The fourth-order valence-electron chi connectivity index (χ4n) is 1.87. The summed E-state index contributed by atoms with van der Waals surface area (Å²) in [5.41, 5.74) is 1.28. The van der Waals surface area contributed by atoms with Crippen molar-refractivity contribution in [2.75, 3.05) is 14.1 Å². The summed E-state index contributed by atoms with van der Waals surface area (Å²) in [7, 11) is 4.26. The molecule has 0 aromatic heterocycles. The second-order valence-electron chi connectivity index (χ2n) is 5.35. The lowest BCUT2D eigenvalue weighted by molar-refractivity contribution is 0.0401. The first kappa shape index (κ1) is 23.2. The number of ether oxygens (including phenoxy) is 1. The third-order valence-electron chi connectivity index (χ3n) is 3.12. The molecule has 0 heterocycles. The number of hydrogen-bond acceptors (Lipinski definition) is 2. The highest BCUT2D eigenvalue weighted by Gasteiger charge is 2.32. The van der Waals surface area contributed by atoms with Crippen LogP contribution in [0.15, 0.2) is 24.3 Å². The minimum Gasteiger partial charge on any atom is -0.490 e. The summed E-state index contributed by atoms with van der Waals surface area (Å²) in [6, 6.07) is 9.01. The van der Waals surface area contributed by atoms with Crippen LogP contribution in [0.25, 0.3) is 0 Å². The zero-order valence-corrected chi connectivity index (χ0v) is 16.4. The molecule has 1 fully saturated rings. The lowest BCUT2D eigenvalue weighted by Crippen LogP contribution is -2.46. The lowest BCUT2D eigenvalue weighted by atomic mass is 9.88. The Labute approximate surface area is 139 Å². The Bertz CT molecular complexity index is 326. The van der Waals surface area contributed by atoms with Crippen LogP contribution in [-0.4, -0.2) is 31.1 Å². The number of rotatable bonds is 3. The lowest BCUT2D eigenvalue weighted by Gasteiger charge is -2.39. The Balaban J connectivity index is 0. The monoisotopic (exact) mass is 309 g/mol. The van der Waals surface area contributed by atoms with Gasteiger partial charge in [-0.05, 0) is 46.0 Å². The van der Waals surface area contributed by atoms with E-state index in [1.54, 1.807) is 0 Å². The quantitative estimate of drug-likeness (QED) is 0.685. The maximum absolute atomic E-state index is 5.86. The average Bonchev–Trinajstić information content (AvgIpc) is 2.49. The molecular formula is C20H39NO. The molecule has 2 heteroatoms. The van der Waals surface area contributed by atoms with Crippen molar-refractivity contribution in [1.29, 1.82) is 0 Å². The summed E-state index contributed by atoms with van der Waals surface area (Å²) in [5, 5.41) is 0. The molecule has 0 spiro atoms. The molecule has 130 valence electrons. The van der Waals surface area contributed by atoms with Gasteiger partial charge in [-0.3, -0.25) is 0 Å². The molecule has 0 radical (unpaired) electrons. The molecule has 1 aliphatic carbocycles. The fraction of sp³-hybridized carbons (Fsp3) is 0.700. The molecule has 0 bridgehead atoms. The molecule has 1 saturated carbocycles. The summed E-state index contributed by atoms with van der Waals surface area (Å²) in [6.07, 6.45) is 3.97. The van der Waals surface area contributed by atoms with Crippen LogP contribution in [-0.2, 0) is 0 Å². The van der Waals surface area contributed by atoms with E-state index < -0.39 is 0 Å². The molecule has 1 aliphatic rings. The van der Waals surface area contributed by atoms with Crippen molar-refractivity contribution < 1.29 is 4.74 Å². The predicted molar refractivity (Wildman–Crippen MR) is 101 cm³/mol. The summed E-state index contributed by atoms with van der Waals surface area (Å²) in [5.74, 6) is 1.00. The van der Waals surface area contributed by atoms with E-state index in [1.807, 2.05) is 27.7 Å². The normalized spacial score (nSPS) is 18.5. The topological polar surface area (TPSA) is 12.5 Å². The van der Waals surface area contributed by atoms with Crippen LogP contribution in [0.1, 0.15) is 66.4 Å². The average molecular weight is 310 g/mol. The highest BCUT2D eigenvalue weighted by Crippen LogP contribution is 2.28. The Kier molecular flexibility index (Phi) is 15.7. The zero-order valence-electron chi connectivity index (χ0n) is 16.4. The molecule has 0 aliphatic heterocycles. The molecular weight excluding hydrogens is 270 g/mol. The third-order valence-corrected chi connectivity index (χ3v) is 3.12. The molecule has 0 saturated heterocycles. The van der Waals surface area contributed by atoms with Gasteiger partial charge in [0.1, 0.15) is 11.9 Å². The van der Waals surface area contributed by atoms with E-state index in [9.17, 15) is 0 Å². The summed E-state index contributed by atoms with van der Waals surface area (Å²) < 4.78 is 5.86. The van der Waals surface area contributed by atoms with Gasteiger partial charge >= 0.3 is 0 Å². The number of aryl methyl sites for hydroxylation is 1. The summed E-state index contributed by atoms with van der Waals surface area (Å²) >= 11 is 0. The highest BCUT2D eigenvalue weighted by molar-refractivity contribution is 5.26. The van der Waals surface area contributed by atoms with Gasteiger partial charge in [-0.15, -0.1) is 0 Å². The van der Waals surface area contributed by atoms with Gasteiger partial charge in [-0.1, -0.05) is 65.7 Å². The first-order chi connectivity index (χ1) is 10.6. The Morgan fingerprint density at radius 3 is 1.73 bits per heavy atom. The number of hydrogen-bond donors (Lipinski definition) is 0. The maximum Gasteiger partial charge on any atom is 0.119 e. The number of nitrogens with zero attached hydrogens (tertiary/aromatic N) is 1. The van der Waals surface area contributed by atoms with Crippen molar-refractivity contribution in [3.63, 3.8) is 0 Å². The van der Waals surface area contributed by atoms with E-state index in [2.05, 4.69) is 64.0 Å². The van der Waals surface area contributed by atoms with Crippen molar-refractivity contribution in [3.8, 4) is 5.75 Å². The molecule has 0 atom stereocenters. The van der Waals surface area contributed by atoms with Gasteiger partial charge in [0.15, 0.2) is 0 Å². The van der Waals surface area contributed by atoms with Crippen molar-refractivity contribution in [3.05, 3.63) is 29.8 Å². The predicted octanol–water partition coefficient (Wildman–Crippen LogP) is 5.94. The van der Waals surface area contributed by atoms with Crippen LogP contribution < -0.4 is 4.74 Å². The van der Waals surface area contributed by atoms with Gasteiger partial charge in [-0.25, -0.2) is 0 Å². The second-order valence-corrected chi connectivity index (χ2v) is 5.35. The van der Waals surface area contributed by atoms with Gasteiger partial charge in [0.25, 0.3) is 0 Å². The van der Waals surface area contributed by atoms with Gasteiger partial charge < -0.3 is 9.64 Å². The van der Waals surface area contributed by atoms with E-state index >= 15 is 0 Å². The van der Waals surface area contributed by atoms with E-state index in [1.165, 1.54) is 12.0 Å². The summed E-state index contributed by atoms with van der Waals surface area (Å²) in [4.78, 5) is 2.27. The molecule has 2 nitrogen and oxygen atoms in total. The first-order valence-electron chi connectivity index (χ1n) is 8.96. The third kappa shape index (κ3) is 9.83. The summed E-state index contributed by atoms with van der Waals surface area (Å²) in [6.45, 7) is 14.3. The zero-order chi connectivity index (χ0) is 17.5. The highest BCUT2D eigenvalue weighted by atomic mass is 16.5. The largest absolute Gasteiger partial charge is 0.490 e. The van der Waals surface area contributed by atoms with Gasteiger partial charge in [0.2, 0.25) is 0 Å². The Morgan fingerprint density at radius 1 is 0.955 bits per heavy atom. The smallest absolute Gasteiger partial charge is 0.119 e. The van der Waals surface area contributed by atoms with Crippen molar-refractivity contribution in [2.24, 2.45) is 0 Å². The van der Waals surface area contributed by atoms with E-state index in [0.717, 1.165) is 18.6 Å². The molecule has 1 aromatic carbocycles. The number of benzene rings is 1. The molecule has 22 heavy (non-hydrogen) atoms. The minimum absolute atomic E-state index is 0.417.